The third-order valence-electron chi connectivity index (χ3n) is 3.43. The Labute approximate surface area is 155 Å². The summed E-state index contributed by atoms with van der Waals surface area (Å²) < 4.78 is 38.6. The molecule has 0 amide bonds. The molecule has 0 heterocycles. The van der Waals surface area contributed by atoms with E-state index >= 15 is 0 Å². The van der Waals surface area contributed by atoms with Crippen molar-refractivity contribution in [2.75, 3.05) is 32.5 Å². The van der Waals surface area contributed by atoms with Crippen LogP contribution in [0.4, 0.5) is 18.9 Å². The molecule has 136 valence electrons. The minimum absolute atomic E-state index is 0.536. The molecule has 0 aliphatic rings. The van der Waals surface area contributed by atoms with E-state index in [1.54, 1.807) is 18.2 Å². The van der Waals surface area contributed by atoms with Crippen molar-refractivity contribution in [2.45, 2.75) is 22.4 Å². The van der Waals surface area contributed by atoms with E-state index in [-0.39, 0.29) is 0 Å². The van der Waals surface area contributed by atoms with Gasteiger partial charge in [0.1, 0.15) is 0 Å². The van der Waals surface area contributed by atoms with Crippen LogP contribution in [0.1, 0.15) is 12.0 Å². The number of nitrogens with one attached hydrogen (secondary N) is 1. The first kappa shape index (κ1) is 19.9. The molecule has 2 aromatic rings. The number of hydrogen-bond acceptors (Lipinski definition) is 3. The molecule has 0 saturated carbocycles. The molecule has 2 rings (SSSR count). The van der Waals surface area contributed by atoms with E-state index in [1.165, 1.54) is 17.8 Å². The molecule has 0 spiro atoms. The van der Waals surface area contributed by atoms with Crippen LogP contribution >= 0.6 is 23.4 Å². The van der Waals surface area contributed by atoms with E-state index in [0.717, 1.165) is 42.2 Å². The quantitative estimate of drug-likeness (QED) is 0.597. The fourth-order valence-corrected chi connectivity index (χ4v) is 3.35. The lowest BCUT2D eigenvalue weighted by atomic mass is 10.2. The summed E-state index contributed by atoms with van der Waals surface area (Å²) in [5.74, 6) is 0. The maximum Gasteiger partial charge on any atom is 0.416 e. The van der Waals surface area contributed by atoms with E-state index in [1.807, 2.05) is 20.2 Å². The molecule has 0 aliphatic heterocycles. The smallest absolute Gasteiger partial charge is 0.384 e. The van der Waals surface area contributed by atoms with Crippen LogP contribution in [0.3, 0.4) is 0 Å². The Bertz CT molecular complexity index is 705. The van der Waals surface area contributed by atoms with Crippen molar-refractivity contribution < 1.29 is 13.2 Å². The fourth-order valence-electron chi connectivity index (χ4n) is 2.21. The lowest BCUT2D eigenvalue weighted by Gasteiger charge is -2.14. The number of anilines is 1. The summed E-state index contributed by atoms with van der Waals surface area (Å²) in [6.07, 6.45) is -3.39. The van der Waals surface area contributed by atoms with E-state index < -0.39 is 11.7 Å². The second kappa shape index (κ2) is 8.83. The van der Waals surface area contributed by atoms with Crippen molar-refractivity contribution in [3.63, 3.8) is 0 Å². The lowest BCUT2D eigenvalue weighted by molar-refractivity contribution is -0.137. The van der Waals surface area contributed by atoms with E-state index in [4.69, 9.17) is 11.6 Å². The molecule has 0 fully saturated rings. The van der Waals surface area contributed by atoms with Crippen LogP contribution in [0.2, 0.25) is 5.02 Å². The first-order valence-electron chi connectivity index (χ1n) is 7.79. The highest BCUT2D eigenvalue weighted by atomic mass is 35.5. The molecule has 2 nitrogen and oxygen atoms in total. The van der Waals surface area contributed by atoms with Crippen LogP contribution < -0.4 is 5.32 Å². The summed E-state index contributed by atoms with van der Waals surface area (Å²) in [6, 6.07) is 10.7. The van der Waals surface area contributed by atoms with Gasteiger partial charge < -0.3 is 10.2 Å². The van der Waals surface area contributed by atoms with Gasteiger partial charge in [0, 0.05) is 27.0 Å². The summed E-state index contributed by atoms with van der Waals surface area (Å²) in [4.78, 5) is 3.47. The predicted molar refractivity (Wildman–Crippen MR) is 98.7 cm³/mol. The Morgan fingerprint density at radius 1 is 1.12 bits per heavy atom. The van der Waals surface area contributed by atoms with Gasteiger partial charge in [0.05, 0.1) is 5.56 Å². The van der Waals surface area contributed by atoms with Gasteiger partial charge in [-0.25, -0.2) is 0 Å². The molecule has 0 unspecified atom stereocenters. The molecule has 0 atom stereocenters. The number of alkyl halides is 3. The monoisotopic (exact) mass is 388 g/mol. The molecule has 1 N–H and O–H groups in total. The Morgan fingerprint density at radius 2 is 1.88 bits per heavy atom. The molecule has 0 bridgehead atoms. The molecule has 2 aromatic carbocycles. The van der Waals surface area contributed by atoms with Crippen molar-refractivity contribution in [1.82, 2.24) is 4.90 Å². The first-order valence-corrected chi connectivity index (χ1v) is 8.98. The molecule has 0 radical (unpaired) electrons. The first-order chi connectivity index (χ1) is 11.8. The summed E-state index contributed by atoms with van der Waals surface area (Å²) >= 11 is 7.35. The van der Waals surface area contributed by atoms with Gasteiger partial charge in [0.15, 0.2) is 0 Å². The predicted octanol–water partition coefficient (Wildman–Crippen LogP) is 5.87. The van der Waals surface area contributed by atoms with Gasteiger partial charge in [-0.3, -0.25) is 0 Å². The molecule has 7 heteroatoms. The molecular formula is C18H20ClF3N2S. The van der Waals surface area contributed by atoms with Gasteiger partial charge in [0.2, 0.25) is 0 Å². The summed E-state index contributed by atoms with van der Waals surface area (Å²) in [6.45, 7) is 1.71. The zero-order chi connectivity index (χ0) is 18.4. The SMILES string of the molecule is CN(C)CCCNc1cc(Cl)ccc1Sc1cccc(C(F)(F)F)c1. The largest absolute Gasteiger partial charge is 0.416 e. The lowest BCUT2D eigenvalue weighted by Crippen LogP contribution is -2.16. The van der Waals surface area contributed by atoms with Gasteiger partial charge in [-0.15, -0.1) is 0 Å². The van der Waals surface area contributed by atoms with Crippen LogP contribution in [0.5, 0.6) is 0 Å². The van der Waals surface area contributed by atoms with Crippen LogP contribution in [0.15, 0.2) is 52.3 Å². The number of halogens is 4. The number of hydrogen-bond donors (Lipinski definition) is 1. The van der Waals surface area contributed by atoms with Gasteiger partial charge in [-0.1, -0.05) is 29.4 Å². The Hall–Kier alpha value is -1.37. The number of benzene rings is 2. The van der Waals surface area contributed by atoms with Gasteiger partial charge in [0.25, 0.3) is 0 Å². The second-order valence-corrected chi connectivity index (χ2v) is 7.40. The minimum Gasteiger partial charge on any atom is -0.384 e. The van der Waals surface area contributed by atoms with E-state index in [9.17, 15) is 13.2 Å². The van der Waals surface area contributed by atoms with Crippen LogP contribution in [0.25, 0.3) is 0 Å². The summed E-state index contributed by atoms with van der Waals surface area (Å²) in [5.41, 5.74) is 0.181. The van der Waals surface area contributed by atoms with Crippen molar-refractivity contribution in [2.24, 2.45) is 0 Å². The third-order valence-corrected chi connectivity index (χ3v) is 4.73. The Kier molecular flexibility index (Phi) is 7.04. The summed E-state index contributed by atoms with van der Waals surface area (Å²) in [7, 11) is 4.02. The highest BCUT2D eigenvalue weighted by Crippen LogP contribution is 2.38. The maximum atomic E-state index is 12.9. The van der Waals surface area contributed by atoms with E-state index in [0.29, 0.717) is 9.92 Å². The average Bonchev–Trinajstić information content (AvgIpc) is 2.53. The maximum absolute atomic E-state index is 12.9. The van der Waals surface area contributed by atoms with Crippen molar-refractivity contribution >= 4 is 29.1 Å². The second-order valence-electron chi connectivity index (χ2n) is 5.85. The van der Waals surface area contributed by atoms with Crippen LogP contribution in [-0.4, -0.2) is 32.1 Å². The number of nitrogens with zero attached hydrogens (tertiary/aromatic N) is 1. The topological polar surface area (TPSA) is 15.3 Å². The normalized spacial score (nSPS) is 11.8. The summed E-state index contributed by atoms with van der Waals surface area (Å²) in [5, 5.41) is 3.91. The van der Waals surface area contributed by atoms with Gasteiger partial charge >= 0.3 is 6.18 Å². The standard InChI is InChI=1S/C18H20ClF3N2S/c1-24(2)10-4-9-23-16-12-14(19)7-8-17(16)25-15-6-3-5-13(11-15)18(20,21)22/h3,5-8,11-12,23H,4,9-10H2,1-2H3. The molecule has 25 heavy (non-hydrogen) atoms. The average molecular weight is 389 g/mol. The Morgan fingerprint density at radius 3 is 2.56 bits per heavy atom. The van der Waals surface area contributed by atoms with Crippen molar-refractivity contribution in [3.05, 3.63) is 53.1 Å². The molecule has 0 aromatic heterocycles. The zero-order valence-electron chi connectivity index (χ0n) is 14.0. The highest BCUT2D eigenvalue weighted by Gasteiger charge is 2.30. The van der Waals surface area contributed by atoms with Crippen LogP contribution in [0, 0.1) is 0 Å². The molecule has 0 saturated heterocycles. The van der Waals surface area contributed by atoms with Gasteiger partial charge in [-0.2, -0.15) is 13.2 Å². The van der Waals surface area contributed by atoms with Crippen molar-refractivity contribution in [3.8, 4) is 0 Å². The van der Waals surface area contributed by atoms with Crippen molar-refractivity contribution in [1.29, 1.82) is 0 Å². The number of rotatable bonds is 7. The van der Waals surface area contributed by atoms with Crippen LogP contribution in [-0.2, 0) is 6.18 Å². The van der Waals surface area contributed by atoms with Gasteiger partial charge in [-0.05, 0) is 63.5 Å². The van der Waals surface area contributed by atoms with E-state index in [2.05, 4.69) is 10.2 Å². The minimum atomic E-state index is -4.34. The Balaban J connectivity index is 2.14. The molecular weight excluding hydrogens is 369 g/mol. The zero-order valence-corrected chi connectivity index (χ0v) is 15.6. The molecule has 0 aliphatic carbocycles. The highest BCUT2D eigenvalue weighted by molar-refractivity contribution is 7.99. The fraction of sp³-hybridized carbons (Fsp3) is 0.333. The third kappa shape index (κ3) is 6.45.